The van der Waals surface area contributed by atoms with Crippen LogP contribution in [-0.4, -0.2) is 48.5 Å². The fraction of sp³-hybridized carbons (Fsp3) is 0.500. The first kappa shape index (κ1) is 15.5. The van der Waals surface area contributed by atoms with Gasteiger partial charge in [0, 0.05) is 32.4 Å². The summed E-state index contributed by atoms with van der Waals surface area (Å²) in [4.78, 5) is 17.6. The smallest absolute Gasteiger partial charge is 0.233 e. The summed E-state index contributed by atoms with van der Waals surface area (Å²) in [7, 11) is 1.65. The van der Waals surface area contributed by atoms with Crippen molar-refractivity contribution in [2.75, 3.05) is 32.0 Å². The zero-order chi connectivity index (χ0) is 15.2. The van der Waals surface area contributed by atoms with Crippen LogP contribution in [0.5, 0.6) is 0 Å². The first-order chi connectivity index (χ1) is 10.1. The van der Waals surface area contributed by atoms with Gasteiger partial charge in [-0.3, -0.25) is 9.69 Å². The molecule has 6 nitrogen and oxygen atoms in total. The molecule has 0 saturated carbocycles. The Morgan fingerprint density at radius 1 is 1.57 bits per heavy atom. The third kappa shape index (κ3) is 4.31. The number of aromatic nitrogens is 1. The monoisotopic (exact) mass is 307 g/mol. The Labute approximate surface area is 129 Å². The number of nitrogens with one attached hydrogen (secondary N) is 2. The van der Waals surface area contributed by atoms with E-state index in [0.29, 0.717) is 22.9 Å². The molecule has 2 rings (SSSR count). The summed E-state index contributed by atoms with van der Waals surface area (Å²) in [5.41, 5.74) is 0.450. The van der Waals surface area contributed by atoms with Gasteiger partial charge in [-0.2, -0.15) is 5.26 Å². The minimum absolute atomic E-state index is 0.0400. The summed E-state index contributed by atoms with van der Waals surface area (Å²) in [5.74, 6) is 0.652. The van der Waals surface area contributed by atoms with Crippen molar-refractivity contribution < 1.29 is 4.79 Å². The van der Waals surface area contributed by atoms with E-state index in [9.17, 15) is 4.79 Å². The van der Waals surface area contributed by atoms with Crippen LogP contribution in [0.4, 0.5) is 5.82 Å². The van der Waals surface area contributed by atoms with Crippen LogP contribution in [0.25, 0.3) is 0 Å². The van der Waals surface area contributed by atoms with Crippen molar-refractivity contribution in [3.8, 4) is 6.07 Å². The van der Waals surface area contributed by atoms with Gasteiger partial charge in [-0.05, 0) is 18.9 Å². The average Bonchev–Trinajstić information content (AvgIpc) is 2.51. The number of carbonyl (C=O) groups is 1. The molecule has 0 aromatic carbocycles. The van der Waals surface area contributed by atoms with Crippen LogP contribution in [0, 0.1) is 11.3 Å². The number of likely N-dealkylation sites (tertiary alicyclic amines) is 1. The summed E-state index contributed by atoms with van der Waals surface area (Å²) in [6.45, 7) is 2.16. The number of pyridine rings is 1. The summed E-state index contributed by atoms with van der Waals surface area (Å²) >= 11 is 6.10. The van der Waals surface area contributed by atoms with Crippen molar-refractivity contribution in [3.63, 3.8) is 0 Å². The highest BCUT2D eigenvalue weighted by molar-refractivity contribution is 6.33. The van der Waals surface area contributed by atoms with Gasteiger partial charge in [0.25, 0.3) is 0 Å². The number of amides is 1. The Morgan fingerprint density at radius 2 is 2.29 bits per heavy atom. The van der Waals surface area contributed by atoms with Crippen LogP contribution in [0.1, 0.15) is 18.4 Å². The van der Waals surface area contributed by atoms with Gasteiger partial charge < -0.3 is 10.6 Å². The SMILES string of the molecule is CNC(=O)CN1CCC(Nc2ncc(C#N)cc2Cl)CC1. The molecule has 1 amide bonds. The Kier molecular flexibility index (Phi) is 5.37. The van der Waals surface area contributed by atoms with Gasteiger partial charge >= 0.3 is 0 Å². The van der Waals surface area contributed by atoms with Gasteiger partial charge in [-0.25, -0.2) is 4.98 Å². The Bertz CT molecular complexity index is 549. The first-order valence-electron chi connectivity index (χ1n) is 6.87. The fourth-order valence-corrected chi connectivity index (χ4v) is 2.54. The quantitative estimate of drug-likeness (QED) is 0.874. The predicted octanol–water partition coefficient (Wildman–Crippen LogP) is 1.23. The van der Waals surface area contributed by atoms with Gasteiger partial charge in [0.15, 0.2) is 0 Å². The van der Waals surface area contributed by atoms with Gasteiger partial charge in [-0.15, -0.1) is 0 Å². The number of nitriles is 1. The van der Waals surface area contributed by atoms with Gasteiger partial charge in [-0.1, -0.05) is 11.6 Å². The van der Waals surface area contributed by atoms with Crippen molar-refractivity contribution in [1.29, 1.82) is 5.26 Å². The molecule has 0 aliphatic carbocycles. The van der Waals surface area contributed by atoms with E-state index in [1.165, 1.54) is 6.20 Å². The minimum Gasteiger partial charge on any atom is -0.366 e. The number of nitrogens with zero attached hydrogens (tertiary/aromatic N) is 3. The van der Waals surface area contributed by atoms with Crippen molar-refractivity contribution in [2.24, 2.45) is 0 Å². The lowest BCUT2D eigenvalue weighted by molar-refractivity contribution is -0.122. The van der Waals surface area contributed by atoms with Crippen LogP contribution in [0.3, 0.4) is 0 Å². The van der Waals surface area contributed by atoms with E-state index >= 15 is 0 Å². The maximum Gasteiger partial charge on any atom is 0.233 e. The molecule has 1 aromatic rings. The summed E-state index contributed by atoms with van der Waals surface area (Å²) in [6.07, 6.45) is 3.36. The molecule has 112 valence electrons. The van der Waals surface area contributed by atoms with E-state index < -0.39 is 0 Å². The van der Waals surface area contributed by atoms with E-state index in [0.717, 1.165) is 25.9 Å². The number of likely N-dealkylation sites (N-methyl/N-ethyl adjacent to an activating group) is 1. The van der Waals surface area contributed by atoms with Gasteiger partial charge in [0.1, 0.15) is 11.9 Å². The van der Waals surface area contributed by atoms with Crippen molar-refractivity contribution in [2.45, 2.75) is 18.9 Å². The maximum atomic E-state index is 11.3. The molecule has 7 heteroatoms. The molecule has 1 fully saturated rings. The van der Waals surface area contributed by atoms with Crippen molar-refractivity contribution in [3.05, 3.63) is 22.8 Å². The summed E-state index contributed by atoms with van der Waals surface area (Å²) in [6, 6.07) is 3.90. The second-order valence-corrected chi connectivity index (χ2v) is 5.44. The summed E-state index contributed by atoms with van der Waals surface area (Å²) in [5, 5.41) is 15.2. The minimum atomic E-state index is 0.0400. The standard InChI is InChI=1S/C14H18ClN5O/c1-17-13(21)9-20-4-2-11(3-5-20)19-14-12(15)6-10(7-16)8-18-14/h6,8,11H,2-5,9H2,1H3,(H,17,21)(H,18,19). The molecule has 1 aliphatic heterocycles. The fourth-order valence-electron chi connectivity index (χ4n) is 2.32. The van der Waals surface area contributed by atoms with E-state index in [4.69, 9.17) is 16.9 Å². The second-order valence-electron chi connectivity index (χ2n) is 5.03. The Morgan fingerprint density at radius 3 is 2.86 bits per heavy atom. The van der Waals surface area contributed by atoms with E-state index in [1.807, 2.05) is 6.07 Å². The number of carbonyl (C=O) groups excluding carboxylic acids is 1. The molecule has 0 unspecified atom stereocenters. The van der Waals surface area contributed by atoms with Crippen LogP contribution in [0.15, 0.2) is 12.3 Å². The zero-order valence-corrected chi connectivity index (χ0v) is 12.7. The number of anilines is 1. The number of hydrogen-bond donors (Lipinski definition) is 2. The highest BCUT2D eigenvalue weighted by Crippen LogP contribution is 2.23. The molecular weight excluding hydrogens is 290 g/mol. The molecule has 1 saturated heterocycles. The topological polar surface area (TPSA) is 81.1 Å². The molecule has 2 N–H and O–H groups in total. The molecule has 21 heavy (non-hydrogen) atoms. The Hall–Kier alpha value is -1.84. The van der Waals surface area contributed by atoms with Crippen LogP contribution in [-0.2, 0) is 4.79 Å². The third-order valence-electron chi connectivity index (χ3n) is 3.54. The summed E-state index contributed by atoms with van der Waals surface area (Å²) < 4.78 is 0. The van der Waals surface area contributed by atoms with Gasteiger partial charge in [0.05, 0.1) is 17.1 Å². The number of hydrogen-bond acceptors (Lipinski definition) is 5. The highest BCUT2D eigenvalue weighted by Gasteiger charge is 2.21. The molecular formula is C14H18ClN5O. The van der Waals surface area contributed by atoms with Crippen molar-refractivity contribution >= 4 is 23.3 Å². The molecule has 0 spiro atoms. The molecule has 0 radical (unpaired) electrons. The molecule has 1 aromatic heterocycles. The van der Waals surface area contributed by atoms with Gasteiger partial charge in [0.2, 0.25) is 5.91 Å². The largest absolute Gasteiger partial charge is 0.366 e. The van der Waals surface area contributed by atoms with E-state index in [1.54, 1.807) is 13.1 Å². The number of piperidine rings is 1. The van der Waals surface area contributed by atoms with Crippen molar-refractivity contribution in [1.82, 2.24) is 15.2 Å². The molecule has 0 atom stereocenters. The number of rotatable bonds is 4. The third-order valence-corrected chi connectivity index (χ3v) is 3.83. The number of halogens is 1. The first-order valence-corrected chi connectivity index (χ1v) is 7.25. The second kappa shape index (κ2) is 7.25. The average molecular weight is 308 g/mol. The van der Waals surface area contributed by atoms with E-state index in [2.05, 4.69) is 20.5 Å². The Balaban J connectivity index is 1.86. The zero-order valence-electron chi connectivity index (χ0n) is 11.9. The molecule has 1 aliphatic rings. The lowest BCUT2D eigenvalue weighted by Crippen LogP contribution is -2.43. The lowest BCUT2D eigenvalue weighted by atomic mass is 10.1. The van der Waals surface area contributed by atoms with Crippen LogP contribution in [0.2, 0.25) is 5.02 Å². The van der Waals surface area contributed by atoms with Crippen LogP contribution < -0.4 is 10.6 Å². The molecule has 2 heterocycles. The normalized spacial score (nSPS) is 16.2. The maximum absolute atomic E-state index is 11.3. The van der Waals surface area contributed by atoms with Crippen LogP contribution >= 0.6 is 11.6 Å². The predicted molar refractivity (Wildman–Crippen MR) is 81.1 cm³/mol. The van der Waals surface area contributed by atoms with E-state index in [-0.39, 0.29) is 11.9 Å². The highest BCUT2D eigenvalue weighted by atomic mass is 35.5. The molecule has 0 bridgehead atoms. The lowest BCUT2D eigenvalue weighted by Gasteiger charge is -2.32.